The number of rotatable bonds is 2. The van der Waals surface area contributed by atoms with Crippen LogP contribution in [0.1, 0.15) is 5.69 Å². The smallest absolute Gasteiger partial charge is 0.214 e. The molecule has 0 atom stereocenters. The fraction of sp³-hybridized carbons (Fsp3) is 0.200. The van der Waals surface area contributed by atoms with E-state index in [2.05, 4.69) is 10.2 Å². The topological polar surface area (TPSA) is 85.9 Å². The van der Waals surface area contributed by atoms with Crippen LogP contribution in [0.3, 0.4) is 0 Å². The highest BCUT2D eigenvalue weighted by Crippen LogP contribution is 2.03. The summed E-state index contributed by atoms with van der Waals surface area (Å²) < 4.78 is 21.1. The normalized spacial score (nSPS) is 11.5. The largest absolute Gasteiger partial charge is 0.228 e. The second-order valence-corrected chi connectivity index (χ2v) is 4.16. The van der Waals surface area contributed by atoms with Crippen LogP contribution in [-0.2, 0) is 15.8 Å². The Bertz CT molecular complexity index is 361. The van der Waals surface area contributed by atoms with Crippen LogP contribution < -0.4 is 5.14 Å². The van der Waals surface area contributed by atoms with Crippen LogP contribution in [0.25, 0.3) is 0 Å². The van der Waals surface area contributed by atoms with Gasteiger partial charge in [-0.15, -0.1) is 5.10 Å². The lowest BCUT2D eigenvalue weighted by atomic mass is 10.4. The molecule has 0 fully saturated rings. The van der Waals surface area contributed by atoms with Gasteiger partial charge in [0.05, 0.1) is 5.69 Å². The van der Waals surface area contributed by atoms with Gasteiger partial charge in [0.2, 0.25) is 10.0 Å². The van der Waals surface area contributed by atoms with Gasteiger partial charge in [-0.2, -0.15) is 5.10 Å². The lowest BCUT2D eigenvalue weighted by Crippen LogP contribution is -2.15. The minimum Gasteiger partial charge on any atom is -0.228 e. The van der Waals surface area contributed by atoms with Gasteiger partial charge in [0.1, 0.15) is 5.75 Å². The van der Waals surface area contributed by atoms with E-state index in [1.807, 2.05) is 0 Å². The molecule has 0 radical (unpaired) electrons. The molecular weight excluding hydrogens is 202 g/mol. The van der Waals surface area contributed by atoms with Gasteiger partial charge in [-0.05, 0) is 12.1 Å². The summed E-state index contributed by atoms with van der Waals surface area (Å²) in [5, 5.41) is 12.0. The Kier molecular flexibility index (Phi) is 2.61. The summed E-state index contributed by atoms with van der Waals surface area (Å²) in [6.45, 7) is 0. The second-order valence-electron chi connectivity index (χ2n) is 2.15. The first-order valence-corrected chi connectivity index (χ1v) is 5.05. The SMILES string of the molecule is NS(=O)(=O)Cc1ccc(Cl)nn1. The number of hydrogen-bond donors (Lipinski definition) is 1. The number of halogens is 1. The molecular formula is C5H6ClN3O2S. The summed E-state index contributed by atoms with van der Waals surface area (Å²) in [5.74, 6) is -0.322. The van der Waals surface area contributed by atoms with Gasteiger partial charge >= 0.3 is 0 Å². The number of primary sulfonamides is 1. The Morgan fingerprint density at radius 2 is 2.08 bits per heavy atom. The monoisotopic (exact) mass is 207 g/mol. The van der Waals surface area contributed by atoms with Crippen molar-refractivity contribution in [2.24, 2.45) is 5.14 Å². The Morgan fingerprint density at radius 3 is 2.50 bits per heavy atom. The molecule has 12 heavy (non-hydrogen) atoms. The molecule has 1 heterocycles. The summed E-state index contributed by atoms with van der Waals surface area (Å²) >= 11 is 5.43. The molecule has 1 aromatic heterocycles. The van der Waals surface area contributed by atoms with Crippen molar-refractivity contribution in [3.63, 3.8) is 0 Å². The molecule has 1 rings (SSSR count). The second kappa shape index (κ2) is 3.34. The summed E-state index contributed by atoms with van der Waals surface area (Å²) in [4.78, 5) is 0. The van der Waals surface area contributed by atoms with Crippen LogP contribution in [0.2, 0.25) is 5.15 Å². The molecule has 0 aliphatic rings. The van der Waals surface area contributed by atoms with Gasteiger partial charge in [0, 0.05) is 0 Å². The molecule has 0 unspecified atom stereocenters. The van der Waals surface area contributed by atoms with Crippen molar-refractivity contribution in [1.29, 1.82) is 0 Å². The third kappa shape index (κ3) is 3.12. The highest BCUT2D eigenvalue weighted by molar-refractivity contribution is 7.88. The van der Waals surface area contributed by atoms with Gasteiger partial charge in [-0.3, -0.25) is 0 Å². The summed E-state index contributed by atoms with van der Waals surface area (Å²) in [7, 11) is -3.54. The van der Waals surface area contributed by atoms with Crippen molar-refractivity contribution in [2.45, 2.75) is 5.75 Å². The number of nitrogens with two attached hydrogens (primary N) is 1. The van der Waals surface area contributed by atoms with Crippen LogP contribution >= 0.6 is 11.6 Å². The molecule has 0 aliphatic heterocycles. The average Bonchev–Trinajstić information content (AvgIpc) is 1.91. The van der Waals surface area contributed by atoms with Gasteiger partial charge in [-0.1, -0.05) is 11.6 Å². The molecule has 0 bridgehead atoms. The summed E-state index contributed by atoms with van der Waals surface area (Å²) in [6, 6.07) is 2.91. The maximum absolute atomic E-state index is 10.6. The van der Waals surface area contributed by atoms with Gasteiger partial charge in [0.15, 0.2) is 5.15 Å². The quantitative estimate of drug-likeness (QED) is 0.735. The number of aromatic nitrogens is 2. The molecule has 0 saturated carbocycles. The maximum Gasteiger partial charge on any atom is 0.214 e. The van der Waals surface area contributed by atoms with Crippen molar-refractivity contribution in [3.8, 4) is 0 Å². The minimum atomic E-state index is -3.54. The van der Waals surface area contributed by atoms with Crippen molar-refractivity contribution < 1.29 is 8.42 Å². The van der Waals surface area contributed by atoms with Crippen LogP contribution in [0, 0.1) is 0 Å². The molecule has 1 aromatic rings. The van der Waals surface area contributed by atoms with Crippen LogP contribution in [0.5, 0.6) is 0 Å². The lowest BCUT2D eigenvalue weighted by molar-refractivity contribution is 0.596. The van der Waals surface area contributed by atoms with E-state index >= 15 is 0 Å². The van der Waals surface area contributed by atoms with Gasteiger partial charge in [-0.25, -0.2) is 13.6 Å². The first-order chi connectivity index (χ1) is 5.47. The first-order valence-electron chi connectivity index (χ1n) is 2.96. The zero-order valence-corrected chi connectivity index (χ0v) is 7.51. The molecule has 0 amide bonds. The van der Waals surface area contributed by atoms with Crippen molar-refractivity contribution in [3.05, 3.63) is 23.0 Å². The first kappa shape index (κ1) is 9.37. The zero-order chi connectivity index (χ0) is 9.19. The highest BCUT2D eigenvalue weighted by Gasteiger charge is 2.05. The van der Waals surface area contributed by atoms with E-state index in [1.54, 1.807) is 0 Å². The number of nitrogens with zero attached hydrogens (tertiary/aromatic N) is 2. The fourth-order valence-electron chi connectivity index (χ4n) is 0.627. The highest BCUT2D eigenvalue weighted by atomic mass is 35.5. The van der Waals surface area contributed by atoms with E-state index in [9.17, 15) is 8.42 Å². The molecule has 0 spiro atoms. The summed E-state index contributed by atoms with van der Waals surface area (Å²) in [5.41, 5.74) is 0.280. The van der Waals surface area contributed by atoms with E-state index < -0.39 is 10.0 Å². The predicted molar refractivity (Wildman–Crippen MR) is 43.9 cm³/mol. The van der Waals surface area contributed by atoms with Crippen molar-refractivity contribution >= 4 is 21.6 Å². The maximum atomic E-state index is 10.6. The Morgan fingerprint density at radius 1 is 1.42 bits per heavy atom. The standard InChI is InChI=1S/C5H6ClN3O2S/c6-5-2-1-4(8-9-5)3-12(7,10)11/h1-2H,3H2,(H2,7,10,11). The van der Waals surface area contributed by atoms with Crippen LogP contribution in [0.15, 0.2) is 12.1 Å². The number of sulfonamides is 1. The van der Waals surface area contributed by atoms with E-state index in [4.69, 9.17) is 16.7 Å². The molecule has 0 aromatic carbocycles. The van der Waals surface area contributed by atoms with E-state index in [0.717, 1.165) is 0 Å². The molecule has 0 saturated heterocycles. The predicted octanol–water partition coefficient (Wildman–Crippen LogP) is -0.0815. The lowest BCUT2D eigenvalue weighted by Gasteiger charge is -1.95. The van der Waals surface area contributed by atoms with Crippen LogP contribution in [-0.4, -0.2) is 18.6 Å². The van der Waals surface area contributed by atoms with Crippen molar-refractivity contribution in [2.75, 3.05) is 0 Å². The zero-order valence-electron chi connectivity index (χ0n) is 5.94. The van der Waals surface area contributed by atoms with Gasteiger partial charge in [0.25, 0.3) is 0 Å². The fourth-order valence-corrected chi connectivity index (χ4v) is 1.29. The summed E-state index contributed by atoms with van der Waals surface area (Å²) in [6.07, 6.45) is 0. The number of hydrogen-bond acceptors (Lipinski definition) is 4. The third-order valence-electron chi connectivity index (χ3n) is 1.04. The van der Waals surface area contributed by atoms with E-state index in [1.165, 1.54) is 12.1 Å². The molecule has 0 aliphatic carbocycles. The Labute approximate surface area is 74.6 Å². The molecule has 66 valence electrons. The Balaban J connectivity index is 2.85. The van der Waals surface area contributed by atoms with E-state index in [-0.39, 0.29) is 16.6 Å². The average molecular weight is 208 g/mol. The third-order valence-corrected chi connectivity index (χ3v) is 1.94. The van der Waals surface area contributed by atoms with Crippen molar-refractivity contribution in [1.82, 2.24) is 10.2 Å². The molecule has 2 N–H and O–H groups in total. The molecule has 7 heteroatoms. The van der Waals surface area contributed by atoms with Crippen LogP contribution in [0.4, 0.5) is 0 Å². The molecule has 5 nitrogen and oxygen atoms in total. The van der Waals surface area contributed by atoms with Gasteiger partial charge < -0.3 is 0 Å². The Hall–Kier alpha value is -0.720. The van der Waals surface area contributed by atoms with E-state index in [0.29, 0.717) is 0 Å². The minimum absolute atomic E-state index is 0.216.